The molecule has 0 bridgehead atoms. The molecule has 0 spiro atoms. The van der Waals surface area contributed by atoms with Gasteiger partial charge in [-0.2, -0.15) is 0 Å². The Hall–Kier alpha value is -13.0. The van der Waals surface area contributed by atoms with Crippen LogP contribution in [-0.2, 0) is 0 Å². The Bertz CT molecular complexity index is 6000. The second kappa shape index (κ2) is 24.5. The zero-order chi connectivity index (χ0) is 64.9. The zero-order valence-electron chi connectivity index (χ0n) is 53.0. The largest absolute Gasteiger partial charge is 0.456 e. The Morgan fingerprint density at radius 3 is 0.784 bits per heavy atom. The summed E-state index contributed by atoms with van der Waals surface area (Å²) in [6, 6.07) is 95.1. The molecule has 8 heterocycles. The van der Waals surface area contributed by atoms with Crippen LogP contribution in [0.1, 0.15) is 17.5 Å². The van der Waals surface area contributed by atoms with Gasteiger partial charge in [0, 0.05) is 88.9 Å². The Kier molecular flexibility index (Phi) is 14.6. The Morgan fingerprint density at radius 1 is 0.196 bits per heavy atom. The number of aryl methyl sites for hydroxylation is 3. The number of pyridine rings is 1. The van der Waals surface area contributed by atoms with Gasteiger partial charge in [-0.1, -0.05) is 133 Å². The molecule has 8 aromatic heterocycles. The number of furan rings is 4. The van der Waals surface area contributed by atoms with Crippen molar-refractivity contribution in [3.63, 3.8) is 0 Å². The highest BCUT2D eigenvalue weighted by Crippen LogP contribution is 2.39. The lowest BCUT2D eigenvalue weighted by Crippen LogP contribution is -1.95. The SMILES string of the molecule is Cc1nc(-c2cc(-c3ccccc3)cc(-c3ccccc3)c2)cc(-c2ccc3oc4ccccc4c3c2)n1.Cc1nc(-c2ccc3oc4ccccc4c3c2)cc(-c2ccc3oc4ccccc4c3c2)n1.Cc1nc(-c2cccnc2)cc(-c2ccc3oc4ccccc4c3c2)n1. The number of rotatable bonds is 8. The van der Waals surface area contributed by atoms with E-state index in [2.05, 4.69) is 161 Å². The second-order valence-corrected chi connectivity index (χ2v) is 24.1. The quantitative estimate of drug-likeness (QED) is 0.143. The maximum absolute atomic E-state index is 6.04. The first kappa shape index (κ1) is 57.9. The van der Waals surface area contributed by atoms with E-state index in [0.29, 0.717) is 0 Å². The van der Waals surface area contributed by atoms with E-state index in [-0.39, 0.29) is 0 Å². The molecule has 0 fully saturated rings. The molecule has 11 heteroatoms. The molecule has 0 radical (unpaired) electrons. The van der Waals surface area contributed by atoms with Crippen LogP contribution in [0.3, 0.4) is 0 Å². The third-order valence-electron chi connectivity index (χ3n) is 17.6. The maximum Gasteiger partial charge on any atom is 0.135 e. The molecule has 460 valence electrons. The fourth-order valence-corrected chi connectivity index (χ4v) is 13.0. The van der Waals surface area contributed by atoms with Crippen LogP contribution in [0, 0.1) is 20.8 Å². The molecular weight excluding hydrogens is 1190 g/mol. The molecule has 19 rings (SSSR count). The normalized spacial score (nSPS) is 11.5. The van der Waals surface area contributed by atoms with Gasteiger partial charge in [-0.15, -0.1) is 0 Å². The summed E-state index contributed by atoms with van der Waals surface area (Å²) in [5.41, 5.74) is 23.3. The van der Waals surface area contributed by atoms with E-state index in [9.17, 15) is 0 Å². The van der Waals surface area contributed by atoms with Crippen LogP contribution in [0.2, 0.25) is 0 Å². The number of benzene rings is 11. The molecule has 97 heavy (non-hydrogen) atoms. The fraction of sp³-hybridized carbons (Fsp3) is 0.0349. The van der Waals surface area contributed by atoms with E-state index in [1.54, 1.807) is 6.20 Å². The van der Waals surface area contributed by atoms with E-state index < -0.39 is 0 Å². The van der Waals surface area contributed by atoms with Gasteiger partial charge in [0.05, 0.1) is 34.2 Å². The summed E-state index contributed by atoms with van der Waals surface area (Å²) in [6.45, 7) is 5.80. The second-order valence-electron chi connectivity index (χ2n) is 24.1. The smallest absolute Gasteiger partial charge is 0.135 e. The Morgan fingerprint density at radius 2 is 0.464 bits per heavy atom. The number of aromatic nitrogens is 7. The van der Waals surface area contributed by atoms with E-state index in [4.69, 9.17) is 37.6 Å². The summed E-state index contributed by atoms with van der Waals surface area (Å²) in [7, 11) is 0. The van der Waals surface area contributed by atoms with Crippen LogP contribution in [0.25, 0.3) is 178 Å². The molecule has 0 amide bonds. The van der Waals surface area contributed by atoms with Crippen molar-refractivity contribution < 1.29 is 17.7 Å². The van der Waals surface area contributed by atoms with Crippen molar-refractivity contribution in [2.45, 2.75) is 20.8 Å². The average molecular weight is 1250 g/mol. The summed E-state index contributed by atoms with van der Waals surface area (Å²) in [5, 5.41) is 8.81. The van der Waals surface area contributed by atoms with Gasteiger partial charge in [-0.3, -0.25) is 4.98 Å². The molecule has 0 unspecified atom stereocenters. The summed E-state index contributed by atoms with van der Waals surface area (Å²) >= 11 is 0. The van der Waals surface area contributed by atoms with Gasteiger partial charge in [-0.25, -0.2) is 29.9 Å². The van der Waals surface area contributed by atoms with Crippen molar-refractivity contribution in [3.05, 3.63) is 309 Å². The monoisotopic (exact) mass is 1250 g/mol. The van der Waals surface area contributed by atoms with Crippen molar-refractivity contribution in [1.82, 2.24) is 34.9 Å². The van der Waals surface area contributed by atoms with Crippen molar-refractivity contribution in [2.75, 3.05) is 0 Å². The predicted octanol–water partition coefficient (Wildman–Crippen LogP) is 22.7. The minimum atomic E-state index is 0.733. The molecule has 0 saturated carbocycles. The molecule has 0 saturated heterocycles. The minimum absolute atomic E-state index is 0.733. The Balaban J connectivity index is 0.000000112. The molecule has 19 aromatic rings. The third-order valence-corrected chi connectivity index (χ3v) is 17.6. The average Bonchev–Trinajstić information content (AvgIpc) is 1.73. The van der Waals surface area contributed by atoms with Crippen molar-refractivity contribution in [1.29, 1.82) is 0 Å². The summed E-state index contributed by atoms with van der Waals surface area (Å²) < 4.78 is 23.9. The Labute approximate surface area is 556 Å². The number of nitrogens with zero attached hydrogens (tertiary/aromatic N) is 7. The van der Waals surface area contributed by atoms with Crippen molar-refractivity contribution in [3.8, 4) is 89.8 Å². The lowest BCUT2D eigenvalue weighted by Gasteiger charge is -2.12. The molecular formula is C86H57N7O4. The lowest BCUT2D eigenvalue weighted by atomic mass is 9.94. The van der Waals surface area contributed by atoms with Crippen LogP contribution in [0.5, 0.6) is 0 Å². The van der Waals surface area contributed by atoms with Gasteiger partial charge >= 0.3 is 0 Å². The van der Waals surface area contributed by atoms with Crippen molar-refractivity contribution in [2.24, 2.45) is 0 Å². The highest BCUT2D eigenvalue weighted by molar-refractivity contribution is 6.09. The predicted molar refractivity (Wildman–Crippen MR) is 391 cm³/mol. The standard InChI is InChI=1S/C35H24N2O.C29H18N2O2.C22H15N3O/c1-23-36-32(26-16-17-35-31(21-26)30-14-8-9-15-34(30)38-35)22-33(37-23)29-19-27(24-10-4-2-5-11-24)18-28(20-29)25-12-6-3-7-13-25;1-17-30-24(18-10-12-28-22(14-18)20-6-2-4-8-26(20)32-28)16-25(31-17)19-11-13-29-23(15-19)21-7-3-5-9-27(21)33-29;1-14-24-19(12-20(25-14)16-5-4-10-23-13-16)15-8-9-22-18(11-15)17-6-2-3-7-21(17)26-22/h2-22H,1H3;2-16H,1H3;2-13H,1H3. The van der Waals surface area contributed by atoms with Gasteiger partial charge in [0.2, 0.25) is 0 Å². The molecule has 0 atom stereocenters. The fourth-order valence-electron chi connectivity index (χ4n) is 13.0. The van der Waals surface area contributed by atoms with Crippen LogP contribution in [0.15, 0.2) is 309 Å². The number of hydrogen-bond acceptors (Lipinski definition) is 11. The first-order valence-corrected chi connectivity index (χ1v) is 32.1. The van der Waals surface area contributed by atoms with E-state index in [1.165, 1.54) is 11.1 Å². The van der Waals surface area contributed by atoms with Gasteiger partial charge in [0.25, 0.3) is 0 Å². The van der Waals surface area contributed by atoms with Gasteiger partial charge < -0.3 is 17.7 Å². The first-order valence-electron chi connectivity index (χ1n) is 32.1. The highest BCUT2D eigenvalue weighted by Gasteiger charge is 2.18. The summed E-state index contributed by atoms with van der Waals surface area (Å²) in [4.78, 5) is 32.6. The van der Waals surface area contributed by atoms with Gasteiger partial charge in [-0.05, 0) is 189 Å². The van der Waals surface area contributed by atoms with E-state index in [1.807, 2.05) is 160 Å². The molecule has 0 aliphatic rings. The molecule has 0 N–H and O–H groups in total. The maximum atomic E-state index is 6.04. The van der Waals surface area contributed by atoms with Crippen LogP contribution in [-0.4, -0.2) is 34.9 Å². The van der Waals surface area contributed by atoms with E-state index in [0.717, 1.165) is 184 Å². The van der Waals surface area contributed by atoms with Crippen LogP contribution < -0.4 is 0 Å². The number of hydrogen-bond donors (Lipinski definition) is 0. The zero-order valence-corrected chi connectivity index (χ0v) is 53.0. The summed E-state index contributed by atoms with van der Waals surface area (Å²) in [5.74, 6) is 2.20. The molecule has 11 nitrogen and oxygen atoms in total. The molecule has 11 aromatic carbocycles. The van der Waals surface area contributed by atoms with Crippen LogP contribution >= 0.6 is 0 Å². The van der Waals surface area contributed by atoms with Gasteiger partial charge in [0.1, 0.15) is 62.1 Å². The van der Waals surface area contributed by atoms with Crippen molar-refractivity contribution >= 4 is 87.8 Å². The summed E-state index contributed by atoms with van der Waals surface area (Å²) in [6.07, 6.45) is 3.58. The first-order chi connectivity index (χ1) is 47.7. The van der Waals surface area contributed by atoms with E-state index >= 15 is 0 Å². The number of para-hydroxylation sites is 4. The van der Waals surface area contributed by atoms with Gasteiger partial charge in [0.15, 0.2) is 0 Å². The molecule has 0 aliphatic heterocycles. The topological polar surface area (TPSA) is 143 Å². The third kappa shape index (κ3) is 11.4. The highest BCUT2D eigenvalue weighted by atomic mass is 16.3. The number of fused-ring (bicyclic) bond motifs is 12. The van der Waals surface area contributed by atoms with Crippen LogP contribution in [0.4, 0.5) is 0 Å². The lowest BCUT2D eigenvalue weighted by molar-refractivity contribution is 0.668. The molecule has 0 aliphatic carbocycles. The minimum Gasteiger partial charge on any atom is -0.456 e.